The van der Waals surface area contributed by atoms with E-state index in [0.717, 1.165) is 6.42 Å². The van der Waals surface area contributed by atoms with Gasteiger partial charge >= 0.3 is 0 Å². The summed E-state index contributed by atoms with van der Waals surface area (Å²) in [5.41, 5.74) is 3.27. The molecule has 1 heteroatoms. The van der Waals surface area contributed by atoms with Gasteiger partial charge in [0, 0.05) is 5.41 Å². The first-order chi connectivity index (χ1) is 9.78. The van der Waals surface area contributed by atoms with Crippen LogP contribution in [-0.2, 0) is 4.79 Å². The Labute approximate surface area is 129 Å². The number of fused-ring (bicyclic) bond motifs is 3. The molecule has 0 N–H and O–H groups in total. The van der Waals surface area contributed by atoms with Gasteiger partial charge in [-0.25, -0.2) is 0 Å². The molecule has 4 atom stereocenters. The van der Waals surface area contributed by atoms with Crippen LogP contribution in [0.4, 0.5) is 0 Å². The Morgan fingerprint density at radius 2 is 1.95 bits per heavy atom. The summed E-state index contributed by atoms with van der Waals surface area (Å²) in [6, 6.07) is 0. The van der Waals surface area contributed by atoms with E-state index in [4.69, 9.17) is 0 Å². The smallest absolute Gasteiger partial charge is 0.162 e. The van der Waals surface area contributed by atoms with Crippen LogP contribution in [0.15, 0.2) is 23.3 Å². The van der Waals surface area contributed by atoms with E-state index in [0.29, 0.717) is 29.0 Å². The molecule has 116 valence electrons. The summed E-state index contributed by atoms with van der Waals surface area (Å²) in [5.74, 6) is 2.07. The number of carbonyl (C=O) groups excluding carboxylic acids is 1. The van der Waals surface area contributed by atoms with Crippen molar-refractivity contribution in [1.82, 2.24) is 0 Å². The van der Waals surface area contributed by atoms with Crippen molar-refractivity contribution in [2.24, 2.45) is 28.6 Å². The van der Waals surface area contributed by atoms with Crippen molar-refractivity contribution in [2.75, 3.05) is 0 Å². The molecule has 0 aromatic carbocycles. The van der Waals surface area contributed by atoms with Gasteiger partial charge in [0.25, 0.3) is 0 Å². The molecule has 0 saturated heterocycles. The first-order valence-electron chi connectivity index (χ1n) is 8.69. The monoisotopic (exact) mass is 286 g/mol. The Morgan fingerprint density at radius 3 is 2.62 bits per heavy atom. The average molecular weight is 286 g/mol. The van der Waals surface area contributed by atoms with Crippen LogP contribution in [0.5, 0.6) is 0 Å². The molecule has 0 radical (unpaired) electrons. The molecular weight excluding hydrogens is 256 g/mol. The first-order valence-corrected chi connectivity index (χ1v) is 8.69. The lowest BCUT2D eigenvalue weighted by Crippen LogP contribution is -2.47. The van der Waals surface area contributed by atoms with Crippen LogP contribution in [0.3, 0.4) is 0 Å². The van der Waals surface area contributed by atoms with Crippen LogP contribution in [0.1, 0.15) is 66.7 Å². The number of rotatable bonds is 1. The zero-order valence-corrected chi connectivity index (χ0v) is 14.3. The third-order valence-electron chi connectivity index (χ3n) is 6.85. The highest BCUT2D eigenvalue weighted by atomic mass is 16.1. The van der Waals surface area contributed by atoms with E-state index in [2.05, 4.69) is 40.7 Å². The number of ketones is 1. The van der Waals surface area contributed by atoms with Gasteiger partial charge in [0.2, 0.25) is 0 Å². The summed E-state index contributed by atoms with van der Waals surface area (Å²) < 4.78 is 0. The summed E-state index contributed by atoms with van der Waals surface area (Å²) in [6.07, 6.45) is 10.4. The summed E-state index contributed by atoms with van der Waals surface area (Å²) >= 11 is 0. The number of allylic oxidation sites excluding steroid dienone is 4. The molecule has 21 heavy (non-hydrogen) atoms. The molecule has 0 bridgehead atoms. The van der Waals surface area contributed by atoms with Crippen LogP contribution in [0, 0.1) is 28.6 Å². The fourth-order valence-electron chi connectivity index (χ4n) is 5.20. The predicted octanol–water partition coefficient (Wildman–Crippen LogP) is 5.32. The van der Waals surface area contributed by atoms with Crippen LogP contribution < -0.4 is 0 Å². The molecule has 0 aliphatic heterocycles. The van der Waals surface area contributed by atoms with Crippen LogP contribution >= 0.6 is 0 Å². The minimum atomic E-state index is -0.109. The minimum Gasteiger partial charge on any atom is -0.294 e. The summed E-state index contributed by atoms with van der Waals surface area (Å²) in [5, 5.41) is 0. The van der Waals surface area contributed by atoms with E-state index < -0.39 is 0 Å². The molecule has 0 aromatic rings. The second-order valence-electron chi connectivity index (χ2n) is 8.61. The van der Waals surface area contributed by atoms with Crippen molar-refractivity contribution in [3.8, 4) is 0 Å². The zero-order chi connectivity index (χ0) is 15.4. The molecule has 1 fully saturated rings. The van der Waals surface area contributed by atoms with Gasteiger partial charge in [0.15, 0.2) is 5.78 Å². The van der Waals surface area contributed by atoms with E-state index in [1.54, 1.807) is 5.57 Å². The highest BCUT2D eigenvalue weighted by Crippen LogP contribution is 2.62. The summed E-state index contributed by atoms with van der Waals surface area (Å²) in [6.45, 7) is 11.5. The molecule has 0 unspecified atom stereocenters. The number of hydrogen-bond acceptors (Lipinski definition) is 1. The number of hydrogen-bond donors (Lipinski definition) is 0. The highest BCUT2D eigenvalue weighted by Gasteiger charge is 2.57. The minimum absolute atomic E-state index is 0.109. The van der Waals surface area contributed by atoms with Crippen molar-refractivity contribution in [2.45, 2.75) is 66.7 Å². The second kappa shape index (κ2) is 4.83. The molecule has 3 rings (SSSR count). The van der Waals surface area contributed by atoms with Crippen molar-refractivity contribution in [1.29, 1.82) is 0 Å². The second-order valence-corrected chi connectivity index (χ2v) is 8.61. The van der Waals surface area contributed by atoms with Crippen LogP contribution in [0.25, 0.3) is 0 Å². The van der Waals surface area contributed by atoms with E-state index in [1.165, 1.54) is 31.3 Å². The van der Waals surface area contributed by atoms with Gasteiger partial charge in [-0.2, -0.15) is 0 Å². The molecule has 0 aromatic heterocycles. The number of carbonyl (C=O) groups is 1. The SMILES string of the molecule is CC1=CC[C@]2(C)CC[C@]3(C)C(=O)C=C(C(C)C)[C@H]3[C@H]2CC1. The first kappa shape index (κ1) is 15.1. The van der Waals surface area contributed by atoms with Gasteiger partial charge in [-0.1, -0.05) is 44.9 Å². The van der Waals surface area contributed by atoms with Crippen molar-refractivity contribution < 1.29 is 4.79 Å². The Balaban J connectivity index is 2.03. The van der Waals surface area contributed by atoms with E-state index in [9.17, 15) is 4.79 Å². The highest BCUT2D eigenvalue weighted by molar-refractivity contribution is 5.99. The zero-order valence-electron chi connectivity index (χ0n) is 14.3. The van der Waals surface area contributed by atoms with Gasteiger partial charge in [-0.05, 0) is 68.3 Å². The largest absolute Gasteiger partial charge is 0.294 e. The predicted molar refractivity (Wildman–Crippen MR) is 88.0 cm³/mol. The molecular formula is C20H30O. The third-order valence-corrected chi connectivity index (χ3v) is 6.85. The van der Waals surface area contributed by atoms with Gasteiger partial charge in [-0.3, -0.25) is 4.79 Å². The summed E-state index contributed by atoms with van der Waals surface area (Å²) in [7, 11) is 0. The molecule has 0 spiro atoms. The van der Waals surface area contributed by atoms with Gasteiger partial charge < -0.3 is 0 Å². The Hall–Kier alpha value is -0.850. The van der Waals surface area contributed by atoms with Gasteiger partial charge in [-0.15, -0.1) is 0 Å². The molecule has 0 heterocycles. The Morgan fingerprint density at radius 1 is 1.24 bits per heavy atom. The van der Waals surface area contributed by atoms with E-state index in [1.807, 2.05) is 6.08 Å². The Bertz CT molecular complexity index is 524. The third kappa shape index (κ3) is 2.15. The lowest BCUT2D eigenvalue weighted by molar-refractivity contribution is -0.130. The van der Waals surface area contributed by atoms with Gasteiger partial charge in [0.1, 0.15) is 0 Å². The standard InChI is InChI=1S/C20H30O/c1-13(2)15-12-17(21)20(5)11-10-19(4)9-8-14(3)6-7-16(19)18(15)20/h8,12-13,16,18H,6-7,9-11H2,1-5H3/t16-,18+,19-,20-/m1/s1. The van der Waals surface area contributed by atoms with E-state index in [-0.39, 0.29) is 5.41 Å². The Kier molecular flexibility index (Phi) is 3.46. The van der Waals surface area contributed by atoms with Gasteiger partial charge in [0.05, 0.1) is 0 Å². The molecule has 1 nitrogen and oxygen atoms in total. The van der Waals surface area contributed by atoms with Crippen LogP contribution in [-0.4, -0.2) is 5.78 Å². The molecule has 0 amide bonds. The molecule has 3 aliphatic rings. The lowest BCUT2D eigenvalue weighted by atomic mass is 9.51. The van der Waals surface area contributed by atoms with E-state index >= 15 is 0 Å². The van der Waals surface area contributed by atoms with Crippen molar-refractivity contribution in [3.05, 3.63) is 23.3 Å². The quantitative estimate of drug-likeness (QED) is 0.596. The van der Waals surface area contributed by atoms with Crippen molar-refractivity contribution in [3.63, 3.8) is 0 Å². The fraction of sp³-hybridized carbons (Fsp3) is 0.750. The molecule has 1 saturated carbocycles. The van der Waals surface area contributed by atoms with Crippen LogP contribution in [0.2, 0.25) is 0 Å². The fourth-order valence-corrected chi connectivity index (χ4v) is 5.20. The summed E-state index contributed by atoms with van der Waals surface area (Å²) in [4.78, 5) is 12.7. The molecule has 3 aliphatic carbocycles. The maximum absolute atomic E-state index is 12.7. The topological polar surface area (TPSA) is 17.1 Å². The average Bonchev–Trinajstić information content (AvgIpc) is 2.59. The normalized spacial score (nSPS) is 43.0. The lowest BCUT2D eigenvalue weighted by Gasteiger charge is -2.52. The maximum atomic E-state index is 12.7. The maximum Gasteiger partial charge on any atom is 0.162 e. The van der Waals surface area contributed by atoms with Crippen molar-refractivity contribution >= 4 is 5.78 Å².